The van der Waals surface area contributed by atoms with E-state index >= 15 is 0 Å². The van der Waals surface area contributed by atoms with E-state index in [9.17, 15) is 9.79 Å². The maximum atomic E-state index is 11.5. The smallest absolute Gasteiger partial charge is 0.407 e. The van der Waals surface area contributed by atoms with E-state index < -0.39 is 13.0 Å². The van der Waals surface area contributed by atoms with Gasteiger partial charge in [-0.2, -0.15) is 0 Å². The summed E-state index contributed by atoms with van der Waals surface area (Å²) in [6, 6.07) is 55.6. The normalized spacial score (nSPS) is 12.0. The molecule has 9 heteroatoms. The van der Waals surface area contributed by atoms with Crippen molar-refractivity contribution in [3.8, 4) is 17.2 Å². The summed E-state index contributed by atoms with van der Waals surface area (Å²) < 4.78 is 17.7. The standard InChI is InChI=1S/C18H15O3PS.C18H17O2PS/c23-22(19-16-10-4-1-5-11-16,20-17-12-6-2-7-13-17)21-18-14-8-3-9-15-18;19-21(20,16-10-4-1-5-11-16,17-12-6-2-7-13-17)22-18-14-8-3-9-15-18/h1-15H;1-15,19-20H. The molecule has 0 saturated heterocycles. The van der Waals surface area contributed by atoms with Crippen LogP contribution in [0.3, 0.4) is 0 Å². The summed E-state index contributed by atoms with van der Waals surface area (Å²) in [7, 11) is 0. The Kier molecular flexibility index (Phi) is 10.7. The Hall–Kier alpha value is -3.93. The first-order chi connectivity index (χ1) is 21.8. The first-order valence-corrected chi connectivity index (χ1v) is 20.2. The minimum atomic E-state index is -4.32. The molecule has 5 nitrogen and oxygen atoms in total. The second-order valence-corrected chi connectivity index (χ2v) is 18.7. The van der Waals surface area contributed by atoms with Gasteiger partial charge in [0.25, 0.3) is 0 Å². The maximum Gasteiger partial charge on any atom is 0.490 e. The Morgan fingerprint density at radius 1 is 0.422 bits per heavy atom. The van der Waals surface area contributed by atoms with Crippen LogP contribution in [0.2, 0.25) is 0 Å². The second-order valence-electron chi connectivity index (χ2n) is 9.68. The van der Waals surface area contributed by atoms with E-state index in [1.165, 1.54) is 0 Å². The van der Waals surface area contributed by atoms with Crippen LogP contribution in [0.5, 0.6) is 17.2 Å². The van der Waals surface area contributed by atoms with Gasteiger partial charge in [0.1, 0.15) is 17.2 Å². The summed E-state index contributed by atoms with van der Waals surface area (Å²) in [5.41, 5.74) is 0. The molecule has 0 amide bonds. The van der Waals surface area contributed by atoms with Crippen molar-refractivity contribution in [3.63, 3.8) is 0 Å². The molecule has 228 valence electrons. The topological polar surface area (TPSA) is 68.2 Å². The molecule has 0 aromatic heterocycles. The molecule has 0 radical (unpaired) electrons. The predicted molar refractivity (Wildman–Crippen MR) is 191 cm³/mol. The van der Waals surface area contributed by atoms with Gasteiger partial charge in [-0.1, -0.05) is 54.6 Å². The van der Waals surface area contributed by atoms with Gasteiger partial charge in [0.2, 0.25) is 0 Å². The number of hydrogen-bond acceptors (Lipinski definition) is 7. The zero-order valence-electron chi connectivity index (χ0n) is 24.2. The Bertz CT molecular complexity index is 1650. The van der Waals surface area contributed by atoms with Gasteiger partial charge < -0.3 is 13.6 Å². The molecule has 0 heterocycles. The molecule has 0 fully saturated rings. The van der Waals surface area contributed by atoms with Crippen LogP contribution in [0.1, 0.15) is 0 Å². The summed E-state index contributed by atoms with van der Waals surface area (Å²) in [4.78, 5) is 23.9. The van der Waals surface area contributed by atoms with Crippen molar-refractivity contribution in [3.05, 3.63) is 182 Å². The van der Waals surface area contributed by atoms with Crippen LogP contribution < -0.4 is 24.2 Å². The number of para-hydroxylation sites is 3. The molecular weight excluding hydrogens is 638 g/mol. The van der Waals surface area contributed by atoms with Crippen LogP contribution in [-0.4, -0.2) is 9.79 Å². The van der Waals surface area contributed by atoms with E-state index in [0.717, 1.165) is 16.3 Å². The van der Waals surface area contributed by atoms with Crippen LogP contribution >= 0.6 is 24.4 Å². The van der Waals surface area contributed by atoms with Gasteiger partial charge in [0.15, 0.2) is 0 Å². The third-order valence-electron chi connectivity index (χ3n) is 6.35. The van der Waals surface area contributed by atoms with Crippen molar-refractivity contribution in [2.24, 2.45) is 0 Å². The van der Waals surface area contributed by atoms with Crippen molar-refractivity contribution in [2.75, 3.05) is 0 Å². The quantitative estimate of drug-likeness (QED) is 0.141. The van der Waals surface area contributed by atoms with Crippen LogP contribution in [0, 0.1) is 0 Å². The Morgan fingerprint density at radius 2 is 0.689 bits per heavy atom. The Balaban J connectivity index is 0.000000178. The summed E-state index contributed by atoms with van der Waals surface area (Å²) in [6.07, 6.45) is -4.32. The molecule has 0 saturated carbocycles. The first kappa shape index (κ1) is 32.5. The fourth-order valence-corrected chi connectivity index (χ4v) is 11.8. The molecule has 6 aromatic carbocycles. The second kappa shape index (κ2) is 14.9. The van der Waals surface area contributed by atoms with E-state index in [1.54, 1.807) is 24.3 Å². The average Bonchev–Trinajstić information content (AvgIpc) is 3.07. The van der Waals surface area contributed by atoms with Gasteiger partial charge >= 0.3 is 141 Å². The van der Waals surface area contributed by atoms with Gasteiger partial charge in [-0.3, -0.25) is 0 Å². The van der Waals surface area contributed by atoms with Gasteiger partial charge in [-0.05, 0) is 36.4 Å². The first-order valence-electron chi connectivity index (χ1n) is 14.0. The van der Waals surface area contributed by atoms with E-state index in [2.05, 4.69) is 0 Å². The number of rotatable bonds is 10. The zero-order valence-corrected chi connectivity index (χ0v) is 27.6. The van der Waals surface area contributed by atoms with Gasteiger partial charge in [0, 0.05) is 11.8 Å². The SMILES string of the molecule is OP(O)(Sc1ccccc1)(c1ccccc1)c1ccccc1.S=P(Oc1ccccc1)(Oc1ccccc1)Oc1ccccc1. The van der Waals surface area contributed by atoms with Gasteiger partial charge in [0.05, 0.1) is 0 Å². The molecule has 45 heavy (non-hydrogen) atoms. The molecule has 2 N–H and O–H groups in total. The van der Waals surface area contributed by atoms with Crippen molar-refractivity contribution in [2.45, 2.75) is 4.90 Å². The van der Waals surface area contributed by atoms with E-state index in [0.29, 0.717) is 27.9 Å². The van der Waals surface area contributed by atoms with Gasteiger partial charge in [-0.15, -0.1) is 0 Å². The molecule has 6 aromatic rings. The molecule has 0 aliphatic carbocycles. The average molecular weight is 671 g/mol. The largest absolute Gasteiger partial charge is 0.490 e. The third-order valence-corrected chi connectivity index (χ3v) is 14.5. The fourth-order valence-electron chi connectivity index (χ4n) is 4.22. The third kappa shape index (κ3) is 8.84. The zero-order chi connectivity index (χ0) is 31.5. The summed E-state index contributed by atoms with van der Waals surface area (Å²) in [6.45, 7) is -3.05. The molecular formula is C36H32O5P2S2. The summed E-state index contributed by atoms with van der Waals surface area (Å²) in [5, 5.41) is 1.10. The summed E-state index contributed by atoms with van der Waals surface area (Å²) >= 11 is 6.73. The molecule has 0 atom stereocenters. The van der Waals surface area contributed by atoms with Crippen LogP contribution in [0.4, 0.5) is 0 Å². The van der Waals surface area contributed by atoms with E-state index in [4.69, 9.17) is 25.4 Å². The summed E-state index contributed by atoms with van der Waals surface area (Å²) in [5.74, 6) is 1.84. The Labute approximate surface area is 273 Å². The molecule has 0 unspecified atom stereocenters. The van der Waals surface area contributed by atoms with Crippen LogP contribution in [0.15, 0.2) is 187 Å². The van der Waals surface area contributed by atoms with E-state index in [-0.39, 0.29) is 0 Å². The molecule has 0 aliphatic rings. The van der Waals surface area contributed by atoms with E-state index in [1.807, 2.05) is 158 Å². The molecule has 0 aliphatic heterocycles. The van der Waals surface area contributed by atoms with Crippen LogP contribution in [-0.2, 0) is 11.8 Å². The van der Waals surface area contributed by atoms with Crippen molar-refractivity contribution < 1.29 is 23.4 Å². The minimum Gasteiger partial charge on any atom is -0.407 e. The number of benzene rings is 6. The minimum absolute atomic E-state index is 0.550. The van der Waals surface area contributed by atoms with Crippen molar-refractivity contribution >= 4 is 46.8 Å². The number of hydrogen-bond donors (Lipinski definition) is 2. The predicted octanol–water partition coefficient (Wildman–Crippen LogP) is 9.16. The Morgan fingerprint density at radius 3 is 1.00 bits per heavy atom. The molecule has 0 spiro atoms. The molecule has 6 rings (SSSR count). The van der Waals surface area contributed by atoms with Crippen molar-refractivity contribution in [1.29, 1.82) is 0 Å². The fraction of sp³-hybridized carbons (Fsp3) is 0. The monoisotopic (exact) mass is 670 g/mol. The molecule has 0 bridgehead atoms. The maximum absolute atomic E-state index is 11.5. The van der Waals surface area contributed by atoms with Gasteiger partial charge in [-0.25, -0.2) is 0 Å². The van der Waals surface area contributed by atoms with Crippen molar-refractivity contribution in [1.82, 2.24) is 0 Å². The van der Waals surface area contributed by atoms with Crippen LogP contribution in [0.25, 0.3) is 0 Å².